The molecule has 0 bridgehead atoms. The maximum atomic E-state index is 11.7. The van der Waals surface area contributed by atoms with Gasteiger partial charge in [-0.3, -0.25) is 0 Å². The number of carbonyl (C=O) groups excluding carboxylic acids is 1. The Morgan fingerprint density at radius 2 is 1.68 bits per heavy atom. The average molecular weight is 293 g/mol. The second-order valence-corrected chi connectivity index (χ2v) is 7.17. The molecular weight excluding hydrogens is 274 g/mol. The fourth-order valence-electron chi connectivity index (χ4n) is 1.98. The lowest BCUT2D eigenvalue weighted by molar-refractivity contribution is -0.0301. The highest BCUT2D eigenvalue weighted by Gasteiger charge is 2.41. The minimum Gasteiger partial charge on any atom is -0.444 e. The van der Waals surface area contributed by atoms with Crippen molar-refractivity contribution in [3.05, 3.63) is 0 Å². The van der Waals surface area contributed by atoms with Crippen LogP contribution < -0.4 is 0 Å². The van der Waals surface area contributed by atoms with Crippen LogP contribution in [0.5, 0.6) is 0 Å². The summed E-state index contributed by atoms with van der Waals surface area (Å²) < 4.78 is 36.3. The van der Waals surface area contributed by atoms with Crippen molar-refractivity contribution in [3.8, 4) is 0 Å². The highest BCUT2D eigenvalue weighted by molar-refractivity contribution is 7.81. The van der Waals surface area contributed by atoms with Gasteiger partial charge in [0.1, 0.15) is 5.60 Å². The molecule has 2 aliphatic rings. The molecule has 110 valence electrons. The largest absolute Gasteiger partial charge is 0.444 e. The summed E-state index contributed by atoms with van der Waals surface area (Å²) in [6.45, 7) is 6.78. The predicted molar refractivity (Wildman–Crippen MR) is 65.6 cm³/mol. The van der Waals surface area contributed by atoms with Crippen LogP contribution in [0.25, 0.3) is 0 Å². The zero-order chi connectivity index (χ0) is 14.3. The number of likely N-dealkylation sites (tertiary alicyclic amines) is 1. The molecule has 0 unspecified atom stereocenters. The van der Waals surface area contributed by atoms with Gasteiger partial charge in [-0.25, -0.2) is 13.2 Å². The molecule has 2 rings (SSSR count). The van der Waals surface area contributed by atoms with Gasteiger partial charge in [-0.15, -0.1) is 0 Å². The zero-order valence-corrected chi connectivity index (χ0v) is 12.1. The van der Waals surface area contributed by atoms with Crippen LogP contribution in [-0.2, 0) is 23.5 Å². The molecule has 19 heavy (non-hydrogen) atoms. The summed E-state index contributed by atoms with van der Waals surface area (Å²) in [6, 6.07) is 0. The van der Waals surface area contributed by atoms with E-state index in [4.69, 9.17) is 4.74 Å². The third-order valence-corrected chi connectivity index (χ3v) is 3.93. The lowest BCUT2D eigenvalue weighted by atomic mass is 9.87. The van der Waals surface area contributed by atoms with Gasteiger partial charge in [-0.05, 0) is 20.8 Å². The summed E-state index contributed by atoms with van der Waals surface area (Å²) in [5, 5.41) is 0. The Morgan fingerprint density at radius 3 is 2.16 bits per heavy atom. The van der Waals surface area contributed by atoms with Crippen LogP contribution in [0.4, 0.5) is 4.79 Å². The van der Waals surface area contributed by atoms with Gasteiger partial charge in [0.25, 0.3) is 0 Å². The fraction of sp³-hybridized carbons (Fsp3) is 0.909. The molecule has 8 heteroatoms. The molecule has 0 aromatic carbocycles. The number of hydrogen-bond donors (Lipinski definition) is 0. The molecule has 0 saturated carbocycles. The Labute approximate surface area is 113 Å². The van der Waals surface area contributed by atoms with Crippen molar-refractivity contribution in [1.82, 2.24) is 4.90 Å². The van der Waals surface area contributed by atoms with Crippen LogP contribution in [0.15, 0.2) is 0 Å². The lowest BCUT2D eigenvalue weighted by Crippen LogP contribution is -2.56. The van der Waals surface area contributed by atoms with Gasteiger partial charge in [0.2, 0.25) is 0 Å². The van der Waals surface area contributed by atoms with E-state index in [0.29, 0.717) is 13.1 Å². The normalized spacial score (nSPS) is 24.9. The summed E-state index contributed by atoms with van der Waals surface area (Å²) in [4.78, 5) is 13.3. The Morgan fingerprint density at radius 1 is 1.16 bits per heavy atom. The van der Waals surface area contributed by atoms with Crippen LogP contribution in [0.1, 0.15) is 20.8 Å². The van der Waals surface area contributed by atoms with Gasteiger partial charge in [0, 0.05) is 24.9 Å². The van der Waals surface area contributed by atoms with Crippen LogP contribution >= 0.6 is 0 Å². The molecule has 2 saturated heterocycles. The molecule has 0 aromatic rings. The first kappa shape index (κ1) is 14.5. The number of amides is 1. The van der Waals surface area contributed by atoms with E-state index in [0.717, 1.165) is 0 Å². The maximum absolute atomic E-state index is 11.7. The molecule has 0 aliphatic carbocycles. The second kappa shape index (κ2) is 4.92. The smallest absolute Gasteiger partial charge is 0.410 e. The monoisotopic (exact) mass is 293 g/mol. The Balaban J connectivity index is 1.76. The first-order valence-electron chi connectivity index (χ1n) is 6.18. The van der Waals surface area contributed by atoms with Crippen molar-refractivity contribution < 1.29 is 26.3 Å². The molecule has 0 atom stereocenters. The van der Waals surface area contributed by atoms with Crippen LogP contribution in [0.2, 0.25) is 0 Å². The third kappa shape index (κ3) is 3.80. The minimum absolute atomic E-state index is 0.00205. The summed E-state index contributed by atoms with van der Waals surface area (Å²) in [5.41, 5.74) is -0.507. The molecule has 2 aliphatic heterocycles. The molecule has 0 spiro atoms. The van der Waals surface area contributed by atoms with E-state index in [1.54, 1.807) is 4.90 Å². The van der Waals surface area contributed by atoms with Crippen LogP contribution in [-0.4, -0.2) is 51.3 Å². The second-order valence-electron chi connectivity index (χ2n) is 5.88. The van der Waals surface area contributed by atoms with E-state index >= 15 is 0 Å². The minimum atomic E-state index is -3.79. The van der Waals surface area contributed by atoms with Crippen molar-refractivity contribution in [1.29, 1.82) is 0 Å². The van der Waals surface area contributed by atoms with Gasteiger partial charge < -0.3 is 9.64 Å². The van der Waals surface area contributed by atoms with E-state index in [2.05, 4.69) is 8.37 Å². The van der Waals surface area contributed by atoms with Crippen molar-refractivity contribution >= 4 is 16.5 Å². The first-order chi connectivity index (χ1) is 8.66. The van der Waals surface area contributed by atoms with Crippen molar-refractivity contribution in [2.75, 3.05) is 26.3 Å². The molecular formula is C11H19NO6S. The number of hydrogen-bond acceptors (Lipinski definition) is 6. The Bertz CT molecular complexity index is 434. The van der Waals surface area contributed by atoms with Crippen molar-refractivity contribution in [2.45, 2.75) is 26.4 Å². The van der Waals surface area contributed by atoms with E-state index in [-0.39, 0.29) is 31.1 Å². The van der Waals surface area contributed by atoms with Crippen LogP contribution in [0.3, 0.4) is 0 Å². The van der Waals surface area contributed by atoms with Gasteiger partial charge in [-0.2, -0.15) is 8.42 Å². The molecule has 0 N–H and O–H groups in total. The lowest BCUT2D eigenvalue weighted by Gasteiger charge is -2.43. The topological polar surface area (TPSA) is 82.1 Å². The van der Waals surface area contributed by atoms with Crippen LogP contribution in [0, 0.1) is 11.8 Å². The predicted octanol–water partition coefficient (Wildman–Crippen LogP) is 0.761. The first-order valence-corrected chi connectivity index (χ1v) is 7.51. The highest BCUT2D eigenvalue weighted by atomic mass is 32.3. The number of ether oxygens (including phenoxy) is 1. The van der Waals surface area contributed by atoms with Gasteiger partial charge >= 0.3 is 16.5 Å². The summed E-state index contributed by atoms with van der Waals surface area (Å²) >= 11 is 0. The SMILES string of the molecule is CC(C)(C)OC(=O)N1CC(C2COS(=O)(=O)OC2)C1. The van der Waals surface area contributed by atoms with Crippen molar-refractivity contribution in [2.24, 2.45) is 11.8 Å². The van der Waals surface area contributed by atoms with E-state index in [1.807, 2.05) is 20.8 Å². The standard InChI is InChI=1S/C11H19NO6S/c1-11(2,3)18-10(13)12-4-8(5-12)9-6-16-19(14,15)17-7-9/h8-9H,4-7H2,1-3H3. The van der Waals surface area contributed by atoms with E-state index < -0.39 is 16.0 Å². The zero-order valence-electron chi connectivity index (χ0n) is 11.3. The molecule has 7 nitrogen and oxygen atoms in total. The molecule has 2 heterocycles. The fourth-order valence-corrected chi connectivity index (χ4v) is 2.73. The highest BCUT2D eigenvalue weighted by Crippen LogP contribution is 2.29. The molecule has 2 fully saturated rings. The third-order valence-electron chi connectivity index (χ3n) is 3.08. The summed E-state index contributed by atoms with van der Waals surface area (Å²) in [5.74, 6) is 0.199. The number of nitrogens with zero attached hydrogens (tertiary/aromatic N) is 1. The molecule has 1 amide bonds. The molecule has 0 radical (unpaired) electrons. The summed E-state index contributed by atoms with van der Waals surface area (Å²) in [7, 11) is -3.79. The Kier molecular flexibility index (Phi) is 3.76. The quantitative estimate of drug-likeness (QED) is 0.710. The van der Waals surface area contributed by atoms with E-state index in [1.165, 1.54) is 0 Å². The number of carbonyl (C=O) groups is 1. The van der Waals surface area contributed by atoms with Crippen molar-refractivity contribution in [3.63, 3.8) is 0 Å². The van der Waals surface area contributed by atoms with Gasteiger partial charge in [0.15, 0.2) is 0 Å². The van der Waals surface area contributed by atoms with Gasteiger partial charge in [0.05, 0.1) is 13.2 Å². The van der Waals surface area contributed by atoms with E-state index in [9.17, 15) is 13.2 Å². The average Bonchev–Trinajstić information content (AvgIpc) is 2.15. The van der Waals surface area contributed by atoms with Gasteiger partial charge in [-0.1, -0.05) is 0 Å². The Hall–Kier alpha value is -0.860. The molecule has 0 aromatic heterocycles. The summed E-state index contributed by atoms with van der Waals surface area (Å²) in [6.07, 6.45) is -0.339. The maximum Gasteiger partial charge on any atom is 0.410 e. The number of rotatable bonds is 1.